The number of hydrogen-bond donors (Lipinski definition) is 1. The van der Waals surface area contributed by atoms with Crippen LogP contribution in [0.3, 0.4) is 0 Å². The molecular weight excluding hydrogens is 258 g/mol. The van der Waals surface area contributed by atoms with Crippen molar-refractivity contribution in [2.45, 2.75) is 12.8 Å². The smallest absolute Gasteiger partial charge is 0.313 e. The molecule has 0 aliphatic carbocycles. The van der Waals surface area contributed by atoms with E-state index in [1.165, 1.54) is 7.11 Å². The lowest BCUT2D eigenvalue weighted by molar-refractivity contribution is -0.141. The zero-order valence-corrected chi connectivity index (χ0v) is 11.2. The van der Waals surface area contributed by atoms with Crippen molar-refractivity contribution in [2.75, 3.05) is 12.8 Å². The van der Waals surface area contributed by atoms with Crippen LogP contribution in [0.4, 0.5) is 5.69 Å². The second kappa shape index (κ2) is 5.38. The fraction of sp³-hybridized carbons (Fsp3) is 0.250. The minimum atomic E-state index is -0.303. The SMILES string of the molecule is COC(=O)C(C)c1sc2ccccc2c1N.Cl. The van der Waals surface area contributed by atoms with Gasteiger partial charge in [-0.25, -0.2) is 0 Å². The van der Waals surface area contributed by atoms with Crippen LogP contribution in [0.5, 0.6) is 0 Å². The second-order valence-electron chi connectivity index (χ2n) is 3.62. The molecule has 0 spiro atoms. The van der Waals surface area contributed by atoms with Crippen molar-refractivity contribution >= 4 is 45.5 Å². The lowest BCUT2D eigenvalue weighted by Crippen LogP contribution is -2.10. The molecule has 0 fully saturated rings. The summed E-state index contributed by atoms with van der Waals surface area (Å²) in [7, 11) is 1.39. The van der Waals surface area contributed by atoms with Crippen LogP contribution in [0.25, 0.3) is 10.1 Å². The van der Waals surface area contributed by atoms with E-state index in [4.69, 9.17) is 10.5 Å². The van der Waals surface area contributed by atoms with Crippen LogP contribution in [0, 0.1) is 0 Å². The van der Waals surface area contributed by atoms with Crippen molar-refractivity contribution in [3.05, 3.63) is 29.1 Å². The molecule has 1 atom stereocenters. The van der Waals surface area contributed by atoms with E-state index in [2.05, 4.69) is 0 Å². The monoisotopic (exact) mass is 271 g/mol. The van der Waals surface area contributed by atoms with Crippen LogP contribution in [0.15, 0.2) is 24.3 Å². The average molecular weight is 272 g/mol. The number of carbonyl (C=O) groups is 1. The molecule has 0 saturated heterocycles. The molecule has 5 heteroatoms. The number of esters is 1. The highest BCUT2D eigenvalue weighted by molar-refractivity contribution is 7.20. The molecular formula is C12H14ClNO2S. The van der Waals surface area contributed by atoms with Crippen LogP contribution in [0.1, 0.15) is 17.7 Å². The van der Waals surface area contributed by atoms with Crippen molar-refractivity contribution in [3.8, 4) is 0 Å². The fourth-order valence-electron chi connectivity index (χ4n) is 1.69. The standard InChI is InChI=1S/C12H13NO2S.ClH/c1-7(12(14)15-2)11-10(13)8-5-3-4-6-9(8)16-11;/h3-7H,13H2,1-2H3;1H. The zero-order chi connectivity index (χ0) is 11.7. The molecule has 1 aromatic carbocycles. The maximum absolute atomic E-state index is 11.5. The number of ether oxygens (including phenoxy) is 1. The molecule has 92 valence electrons. The number of rotatable bonds is 2. The van der Waals surface area contributed by atoms with E-state index in [9.17, 15) is 4.79 Å². The number of nitrogens with two attached hydrogens (primary N) is 1. The van der Waals surface area contributed by atoms with E-state index >= 15 is 0 Å². The third kappa shape index (κ3) is 2.37. The molecule has 1 heterocycles. The summed E-state index contributed by atoms with van der Waals surface area (Å²) in [5.41, 5.74) is 6.73. The number of methoxy groups -OCH3 is 1. The van der Waals surface area contributed by atoms with Crippen molar-refractivity contribution in [1.82, 2.24) is 0 Å². The lowest BCUT2D eigenvalue weighted by Gasteiger charge is -2.07. The number of anilines is 1. The highest BCUT2D eigenvalue weighted by atomic mass is 35.5. The average Bonchev–Trinajstić information content (AvgIpc) is 2.65. The van der Waals surface area contributed by atoms with Crippen LogP contribution in [-0.2, 0) is 9.53 Å². The Kier molecular flexibility index (Phi) is 4.37. The van der Waals surface area contributed by atoms with Gasteiger partial charge in [0.2, 0.25) is 0 Å². The van der Waals surface area contributed by atoms with Crippen molar-refractivity contribution in [1.29, 1.82) is 0 Å². The molecule has 2 rings (SSSR count). The molecule has 0 saturated carbocycles. The van der Waals surface area contributed by atoms with Crippen molar-refractivity contribution in [3.63, 3.8) is 0 Å². The highest BCUT2D eigenvalue weighted by Crippen LogP contribution is 2.38. The Morgan fingerprint density at radius 1 is 1.41 bits per heavy atom. The van der Waals surface area contributed by atoms with Gasteiger partial charge in [0.1, 0.15) is 0 Å². The first-order chi connectivity index (χ1) is 7.65. The summed E-state index contributed by atoms with van der Waals surface area (Å²) in [4.78, 5) is 12.4. The van der Waals surface area contributed by atoms with Gasteiger partial charge in [-0.15, -0.1) is 23.7 Å². The van der Waals surface area contributed by atoms with E-state index in [0.29, 0.717) is 5.69 Å². The second-order valence-corrected chi connectivity index (χ2v) is 4.70. The largest absolute Gasteiger partial charge is 0.469 e. The lowest BCUT2D eigenvalue weighted by atomic mass is 10.1. The maximum Gasteiger partial charge on any atom is 0.313 e. The molecule has 0 aliphatic rings. The summed E-state index contributed by atoms with van der Waals surface area (Å²) in [5.74, 6) is -0.555. The Hall–Kier alpha value is -1.26. The topological polar surface area (TPSA) is 52.3 Å². The van der Waals surface area contributed by atoms with Crippen LogP contribution in [-0.4, -0.2) is 13.1 Å². The van der Waals surface area contributed by atoms with Gasteiger partial charge in [0.25, 0.3) is 0 Å². The normalized spacial score (nSPS) is 11.9. The van der Waals surface area contributed by atoms with E-state index in [1.807, 2.05) is 31.2 Å². The predicted octanol–water partition coefficient (Wildman–Crippen LogP) is 3.18. The molecule has 0 amide bonds. The number of fused-ring (bicyclic) bond motifs is 1. The summed E-state index contributed by atoms with van der Waals surface area (Å²) in [6.07, 6.45) is 0. The Balaban J connectivity index is 0.00000144. The first-order valence-electron chi connectivity index (χ1n) is 5.00. The fourth-order valence-corrected chi connectivity index (χ4v) is 2.85. The third-order valence-electron chi connectivity index (χ3n) is 2.61. The Bertz CT molecular complexity index is 538. The molecule has 17 heavy (non-hydrogen) atoms. The minimum Gasteiger partial charge on any atom is -0.469 e. The number of benzene rings is 1. The van der Waals surface area contributed by atoms with E-state index in [-0.39, 0.29) is 24.3 Å². The summed E-state index contributed by atoms with van der Waals surface area (Å²) in [6, 6.07) is 7.88. The van der Waals surface area contributed by atoms with Crippen LogP contribution < -0.4 is 5.73 Å². The summed E-state index contributed by atoms with van der Waals surface area (Å²) in [6.45, 7) is 1.81. The van der Waals surface area contributed by atoms with Gasteiger partial charge in [0.05, 0.1) is 18.7 Å². The number of hydrogen-bond acceptors (Lipinski definition) is 4. The molecule has 3 nitrogen and oxygen atoms in total. The quantitative estimate of drug-likeness (QED) is 0.854. The Labute approximate surface area is 110 Å². The Morgan fingerprint density at radius 3 is 2.65 bits per heavy atom. The summed E-state index contributed by atoms with van der Waals surface area (Å²) < 4.78 is 5.83. The zero-order valence-electron chi connectivity index (χ0n) is 9.60. The Morgan fingerprint density at radius 2 is 2.06 bits per heavy atom. The number of halogens is 1. The maximum atomic E-state index is 11.5. The molecule has 0 aliphatic heterocycles. The number of carbonyl (C=O) groups excluding carboxylic acids is 1. The molecule has 2 aromatic rings. The minimum absolute atomic E-state index is 0. The predicted molar refractivity (Wildman–Crippen MR) is 73.9 cm³/mol. The summed E-state index contributed by atoms with van der Waals surface area (Å²) in [5, 5.41) is 1.01. The van der Waals surface area contributed by atoms with Gasteiger partial charge in [-0.2, -0.15) is 0 Å². The van der Waals surface area contributed by atoms with Crippen molar-refractivity contribution in [2.24, 2.45) is 0 Å². The molecule has 1 unspecified atom stereocenters. The highest BCUT2D eigenvalue weighted by Gasteiger charge is 2.21. The van der Waals surface area contributed by atoms with E-state index in [1.54, 1.807) is 11.3 Å². The van der Waals surface area contributed by atoms with Gasteiger partial charge in [-0.1, -0.05) is 18.2 Å². The van der Waals surface area contributed by atoms with Gasteiger partial charge >= 0.3 is 5.97 Å². The van der Waals surface area contributed by atoms with Gasteiger partial charge in [0, 0.05) is 15.0 Å². The summed E-state index contributed by atoms with van der Waals surface area (Å²) >= 11 is 1.55. The van der Waals surface area contributed by atoms with Gasteiger partial charge < -0.3 is 10.5 Å². The molecule has 0 radical (unpaired) electrons. The molecule has 0 bridgehead atoms. The van der Waals surface area contributed by atoms with Crippen LogP contribution in [0.2, 0.25) is 0 Å². The third-order valence-corrected chi connectivity index (χ3v) is 3.98. The van der Waals surface area contributed by atoms with E-state index < -0.39 is 0 Å². The van der Waals surface area contributed by atoms with Crippen LogP contribution >= 0.6 is 23.7 Å². The van der Waals surface area contributed by atoms with Gasteiger partial charge in [0.15, 0.2) is 0 Å². The first kappa shape index (κ1) is 13.8. The van der Waals surface area contributed by atoms with Crippen molar-refractivity contribution < 1.29 is 9.53 Å². The van der Waals surface area contributed by atoms with E-state index in [0.717, 1.165) is 15.0 Å². The molecule has 2 N–H and O–H groups in total. The number of thiophene rings is 1. The van der Waals surface area contributed by atoms with Gasteiger partial charge in [-0.3, -0.25) is 4.79 Å². The van der Waals surface area contributed by atoms with Gasteiger partial charge in [-0.05, 0) is 13.0 Å². The number of nitrogen functional groups attached to an aromatic ring is 1. The molecule has 1 aromatic heterocycles. The first-order valence-corrected chi connectivity index (χ1v) is 5.81.